The largest absolute Gasteiger partial charge is 0.479 e. The van der Waals surface area contributed by atoms with E-state index < -0.39 is 0 Å². The summed E-state index contributed by atoms with van der Waals surface area (Å²) in [4.78, 5) is 10.3. The van der Waals surface area contributed by atoms with Gasteiger partial charge in [-0.2, -0.15) is 4.73 Å². The van der Waals surface area contributed by atoms with Crippen molar-refractivity contribution in [3.05, 3.63) is 35.4 Å². The van der Waals surface area contributed by atoms with Crippen molar-refractivity contribution >= 4 is 22.8 Å². The van der Waals surface area contributed by atoms with E-state index >= 15 is 0 Å². The highest BCUT2D eigenvalue weighted by Crippen LogP contribution is 2.29. The highest BCUT2D eigenvalue weighted by atomic mass is 16.7. The Balaban J connectivity index is 2.13. The molecule has 0 aliphatic heterocycles. The molecule has 3 rings (SSSR count). The highest BCUT2D eigenvalue weighted by molar-refractivity contribution is 5.90. The minimum atomic E-state index is 0.433. The normalized spacial score (nSPS) is 10.7. The molecule has 3 heterocycles. The van der Waals surface area contributed by atoms with Gasteiger partial charge in [-0.05, 0) is 19.9 Å². The van der Waals surface area contributed by atoms with Gasteiger partial charge in [0.1, 0.15) is 5.52 Å². The van der Waals surface area contributed by atoms with E-state index in [0.717, 1.165) is 22.3 Å². The summed E-state index contributed by atoms with van der Waals surface area (Å²) in [6.07, 6.45) is 4.61. The standard InChI is InChI=1S/C16H18N6O2/c1-9-14(18-3)12(7-17)13(8-19-9)24-22-6-5-11-15(22)10(2)20-21-16(11)23-4/h5-8,17-18H,1-4H3. The van der Waals surface area contributed by atoms with Crippen LogP contribution >= 0.6 is 0 Å². The van der Waals surface area contributed by atoms with Crippen molar-refractivity contribution in [1.29, 1.82) is 5.41 Å². The van der Waals surface area contributed by atoms with E-state index in [4.69, 9.17) is 15.0 Å². The first-order valence-corrected chi connectivity index (χ1v) is 7.35. The van der Waals surface area contributed by atoms with Crippen molar-refractivity contribution < 1.29 is 9.57 Å². The molecule has 8 heteroatoms. The molecule has 0 saturated carbocycles. The number of aromatic nitrogens is 4. The van der Waals surface area contributed by atoms with Gasteiger partial charge in [0.25, 0.3) is 0 Å². The van der Waals surface area contributed by atoms with E-state index in [0.29, 0.717) is 22.9 Å². The van der Waals surface area contributed by atoms with Gasteiger partial charge in [0.05, 0.1) is 41.3 Å². The molecule has 0 spiro atoms. The number of fused-ring (bicyclic) bond motifs is 1. The predicted molar refractivity (Wildman–Crippen MR) is 91.2 cm³/mol. The zero-order valence-corrected chi connectivity index (χ0v) is 13.9. The Morgan fingerprint density at radius 3 is 2.71 bits per heavy atom. The van der Waals surface area contributed by atoms with Crippen molar-refractivity contribution in [2.75, 3.05) is 19.5 Å². The number of hydrogen-bond donors (Lipinski definition) is 2. The fourth-order valence-electron chi connectivity index (χ4n) is 2.64. The Hall–Kier alpha value is -3.16. The van der Waals surface area contributed by atoms with Crippen LogP contribution in [0.5, 0.6) is 11.6 Å². The molecule has 3 aromatic rings. The topological polar surface area (TPSA) is 97.9 Å². The van der Waals surface area contributed by atoms with Crippen molar-refractivity contribution in [3.63, 3.8) is 0 Å². The molecular formula is C16H18N6O2. The monoisotopic (exact) mass is 326 g/mol. The van der Waals surface area contributed by atoms with Crippen LogP contribution in [0, 0.1) is 19.3 Å². The molecule has 0 fully saturated rings. The fourth-order valence-corrected chi connectivity index (χ4v) is 2.64. The highest BCUT2D eigenvalue weighted by Gasteiger charge is 2.16. The minimum absolute atomic E-state index is 0.433. The van der Waals surface area contributed by atoms with Crippen molar-refractivity contribution in [1.82, 2.24) is 19.9 Å². The van der Waals surface area contributed by atoms with Gasteiger partial charge >= 0.3 is 0 Å². The smallest absolute Gasteiger partial charge is 0.242 e. The predicted octanol–water partition coefficient (Wildman–Crippen LogP) is 2.33. The molecule has 0 unspecified atom stereocenters. The van der Waals surface area contributed by atoms with Crippen LogP contribution in [0.3, 0.4) is 0 Å². The van der Waals surface area contributed by atoms with Crippen molar-refractivity contribution in [2.45, 2.75) is 13.8 Å². The molecule has 0 radical (unpaired) electrons. The Bertz CT molecular complexity index is 919. The molecule has 0 atom stereocenters. The lowest BCUT2D eigenvalue weighted by atomic mass is 10.2. The second-order valence-corrected chi connectivity index (χ2v) is 5.18. The van der Waals surface area contributed by atoms with E-state index in [1.807, 2.05) is 19.9 Å². The lowest BCUT2D eigenvalue weighted by Gasteiger charge is -2.14. The van der Waals surface area contributed by atoms with E-state index in [1.54, 1.807) is 31.3 Å². The van der Waals surface area contributed by atoms with Gasteiger partial charge in [0, 0.05) is 19.5 Å². The Kier molecular flexibility index (Phi) is 4.03. The third kappa shape index (κ3) is 2.41. The summed E-state index contributed by atoms with van der Waals surface area (Å²) in [6, 6.07) is 1.85. The Morgan fingerprint density at radius 2 is 2.04 bits per heavy atom. The maximum Gasteiger partial charge on any atom is 0.242 e. The molecule has 0 aromatic carbocycles. The summed E-state index contributed by atoms with van der Waals surface area (Å²) in [7, 11) is 3.34. The summed E-state index contributed by atoms with van der Waals surface area (Å²) >= 11 is 0. The van der Waals surface area contributed by atoms with E-state index in [-0.39, 0.29) is 0 Å². The van der Waals surface area contributed by atoms with Gasteiger partial charge in [-0.25, -0.2) is 0 Å². The first kappa shape index (κ1) is 15.7. The van der Waals surface area contributed by atoms with Crippen LogP contribution < -0.4 is 14.9 Å². The third-order valence-electron chi connectivity index (χ3n) is 3.77. The van der Waals surface area contributed by atoms with Gasteiger partial charge in [0.2, 0.25) is 5.88 Å². The zero-order valence-electron chi connectivity index (χ0n) is 13.9. The number of hydrogen-bond acceptors (Lipinski definition) is 7. The second-order valence-electron chi connectivity index (χ2n) is 5.18. The summed E-state index contributed by atoms with van der Waals surface area (Å²) in [5.74, 6) is 0.899. The molecule has 3 aromatic heterocycles. The SMILES string of the molecule is CNc1c(C)ncc(On2ccc3c(OC)nnc(C)c32)c1C=N. The maximum absolute atomic E-state index is 7.70. The molecule has 0 aliphatic carbocycles. The fraction of sp³-hybridized carbons (Fsp3) is 0.250. The number of rotatable bonds is 5. The van der Waals surface area contributed by atoms with Crippen LogP contribution in [0.1, 0.15) is 17.0 Å². The lowest BCUT2D eigenvalue weighted by molar-refractivity contribution is 0.227. The van der Waals surface area contributed by atoms with E-state index in [9.17, 15) is 0 Å². The molecule has 0 aliphatic rings. The third-order valence-corrected chi connectivity index (χ3v) is 3.77. The van der Waals surface area contributed by atoms with Crippen LogP contribution in [0.2, 0.25) is 0 Å². The summed E-state index contributed by atoms with van der Waals surface area (Å²) in [5, 5.41) is 19.7. The molecular weight excluding hydrogens is 308 g/mol. The van der Waals surface area contributed by atoms with Crippen molar-refractivity contribution in [3.8, 4) is 11.6 Å². The number of aryl methyl sites for hydroxylation is 2. The average Bonchev–Trinajstić information content (AvgIpc) is 3.01. The molecule has 24 heavy (non-hydrogen) atoms. The van der Waals surface area contributed by atoms with E-state index in [2.05, 4.69) is 20.5 Å². The number of ether oxygens (including phenoxy) is 1. The van der Waals surface area contributed by atoms with Gasteiger partial charge in [-0.3, -0.25) is 4.98 Å². The van der Waals surface area contributed by atoms with E-state index in [1.165, 1.54) is 6.21 Å². The molecule has 0 bridgehead atoms. The Morgan fingerprint density at radius 1 is 1.25 bits per heavy atom. The number of nitrogens with one attached hydrogen (secondary N) is 2. The van der Waals surface area contributed by atoms with Gasteiger partial charge in [-0.1, -0.05) is 0 Å². The average molecular weight is 326 g/mol. The molecule has 0 saturated heterocycles. The molecule has 0 amide bonds. The first-order valence-electron chi connectivity index (χ1n) is 7.35. The molecule has 8 nitrogen and oxygen atoms in total. The lowest BCUT2D eigenvalue weighted by Crippen LogP contribution is -2.10. The van der Waals surface area contributed by atoms with Crippen molar-refractivity contribution in [2.24, 2.45) is 0 Å². The number of pyridine rings is 1. The van der Waals surface area contributed by atoms with Crippen LogP contribution in [0.15, 0.2) is 18.5 Å². The van der Waals surface area contributed by atoms with Gasteiger partial charge in [-0.15, -0.1) is 10.2 Å². The molecule has 124 valence electrons. The quantitative estimate of drug-likeness (QED) is 0.698. The Labute approximate surface area is 138 Å². The maximum atomic E-state index is 7.70. The minimum Gasteiger partial charge on any atom is -0.479 e. The number of anilines is 1. The molecule has 2 N–H and O–H groups in total. The van der Waals surface area contributed by atoms with Gasteiger partial charge < -0.3 is 20.3 Å². The number of methoxy groups -OCH3 is 1. The first-order chi connectivity index (χ1) is 11.6. The second kappa shape index (κ2) is 6.15. The number of nitrogens with zero attached hydrogens (tertiary/aromatic N) is 4. The zero-order chi connectivity index (χ0) is 17.3. The van der Waals surface area contributed by atoms with Crippen LogP contribution in [-0.2, 0) is 0 Å². The van der Waals surface area contributed by atoms with Crippen LogP contribution in [-0.4, -0.2) is 40.3 Å². The van der Waals surface area contributed by atoms with Crippen LogP contribution in [0.4, 0.5) is 5.69 Å². The van der Waals surface area contributed by atoms with Crippen LogP contribution in [0.25, 0.3) is 10.9 Å². The summed E-state index contributed by atoms with van der Waals surface area (Å²) in [6.45, 7) is 3.72. The van der Waals surface area contributed by atoms with Gasteiger partial charge in [0.15, 0.2) is 5.75 Å². The summed E-state index contributed by atoms with van der Waals surface area (Å²) in [5.41, 5.74) is 3.64. The summed E-state index contributed by atoms with van der Waals surface area (Å²) < 4.78 is 6.83.